The van der Waals surface area contributed by atoms with Gasteiger partial charge in [0.05, 0.1) is 18.9 Å². The van der Waals surface area contributed by atoms with Gasteiger partial charge in [-0.2, -0.15) is 0 Å². The van der Waals surface area contributed by atoms with Crippen LogP contribution >= 0.6 is 0 Å². The first-order valence-corrected chi connectivity index (χ1v) is 17.3. The maximum Gasteiger partial charge on any atom is 0.243 e. The fourth-order valence-corrected chi connectivity index (χ4v) is 7.82. The number of piperazine rings is 1. The fourth-order valence-electron chi connectivity index (χ4n) is 7.82. The molecule has 2 heterocycles. The molecular formula is C38H50N4O4. The third kappa shape index (κ3) is 7.34. The van der Waals surface area contributed by atoms with E-state index in [0.717, 1.165) is 76.1 Å². The van der Waals surface area contributed by atoms with Gasteiger partial charge in [-0.15, -0.1) is 0 Å². The zero-order valence-electron chi connectivity index (χ0n) is 27.4. The minimum absolute atomic E-state index is 0.0463. The van der Waals surface area contributed by atoms with Crippen LogP contribution in [0.1, 0.15) is 57.4 Å². The van der Waals surface area contributed by atoms with Crippen molar-refractivity contribution in [3.05, 3.63) is 72.3 Å². The lowest BCUT2D eigenvalue weighted by atomic mass is 9.95. The average molecular weight is 627 g/mol. The number of β-amino-alcohol motifs (C(OH)–C–C–N with tert-alkyl or cyclic N) is 1. The zero-order valence-corrected chi connectivity index (χ0v) is 27.4. The van der Waals surface area contributed by atoms with Crippen LogP contribution < -0.4 is 15.0 Å². The number of aliphatic hydroxyl groups is 1. The molecule has 3 aliphatic rings. The Bertz CT molecular complexity index is 1480. The maximum atomic E-state index is 14.1. The molecule has 3 unspecified atom stereocenters. The molecule has 4 atom stereocenters. The van der Waals surface area contributed by atoms with Crippen molar-refractivity contribution >= 4 is 28.3 Å². The molecule has 0 radical (unpaired) electrons. The molecule has 0 bridgehead atoms. The normalized spacial score (nSPS) is 22.8. The molecule has 1 saturated carbocycles. The molecule has 3 fully saturated rings. The SMILES string of the molecule is COc1ccccc1N1CCN(C(C)C(Cc2ccc3ccccc3c2)NC(=O)C2C[C@@H](O)CN2C(=O)C2CCCCCC2)CC1. The van der Waals surface area contributed by atoms with Gasteiger partial charge in [-0.1, -0.05) is 80.3 Å². The van der Waals surface area contributed by atoms with Crippen molar-refractivity contribution in [2.24, 2.45) is 5.92 Å². The molecule has 0 aromatic heterocycles. The fraction of sp³-hybridized carbons (Fsp3) is 0.526. The van der Waals surface area contributed by atoms with Crippen molar-refractivity contribution in [1.29, 1.82) is 0 Å². The number of hydrogen-bond donors (Lipinski definition) is 2. The van der Waals surface area contributed by atoms with E-state index >= 15 is 0 Å². The maximum absolute atomic E-state index is 14.1. The predicted octanol–water partition coefficient (Wildman–Crippen LogP) is 5.02. The number of carbonyl (C=O) groups excluding carboxylic acids is 2. The second-order valence-corrected chi connectivity index (χ2v) is 13.5. The molecule has 8 nitrogen and oxygen atoms in total. The van der Waals surface area contributed by atoms with Crippen LogP contribution in [0, 0.1) is 5.92 Å². The number of amides is 2. The zero-order chi connectivity index (χ0) is 32.0. The first kappa shape index (κ1) is 32.3. The number of nitrogens with zero attached hydrogens (tertiary/aromatic N) is 3. The molecule has 2 N–H and O–H groups in total. The highest BCUT2D eigenvalue weighted by atomic mass is 16.5. The van der Waals surface area contributed by atoms with Gasteiger partial charge in [-0.25, -0.2) is 0 Å². The lowest BCUT2D eigenvalue weighted by Crippen LogP contribution is -2.59. The van der Waals surface area contributed by atoms with E-state index in [1.165, 1.54) is 16.3 Å². The minimum Gasteiger partial charge on any atom is -0.495 e. The van der Waals surface area contributed by atoms with Crippen LogP contribution in [0.15, 0.2) is 66.7 Å². The third-order valence-electron chi connectivity index (χ3n) is 10.6. The Labute approximate surface area is 273 Å². The van der Waals surface area contributed by atoms with E-state index in [4.69, 9.17) is 4.74 Å². The second kappa shape index (κ2) is 14.9. The number of aliphatic hydroxyl groups excluding tert-OH is 1. The van der Waals surface area contributed by atoms with Crippen molar-refractivity contribution in [2.45, 2.75) is 82.5 Å². The largest absolute Gasteiger partial charge is 0.495 e. The number of fused-ring (bicyclic) bond motifs is 1. The number of methoxy groups -OCH3 is 1. The Morgan fingerprint density at radius 2 is 1.61 bits per heavy atom. The first-order chi connectivity index (χ1) is 22.4. The monoisotopic (exact) mass is 626 g/mol. The van der Waals surface area contributed by atoms with Crippen LogP contribution in [-0.4, -0.2) is 90.8 Å². The van der Waals surface area contributed by atoms with E-state index in [0.29, 0.717) is 12.8 Å². The van der Waals surface area contributed by atoms with Crippen molar-refractivity contribution < 1.29 is 19.4 Å². The van der Waals surface area contributed by atoms with Crippen molar-refractivity contribution in [1.82, 2.24) is 15.1 Å². The summed E-state index contributed by atoms with van der Waals surface area (Å²) in [6.45, 7) is 5.89. The summed E-state index contributed by atoms with van der Waals surface area (Å²) in [6.07, 6.45) is 6.48. The van der Waals surface area contributed by atoms with Crippen molar-refractivity contribution in [2.75, 3.05) is 44.7 Å². The van der Waals surface area contributed by atoms with E-state index < -0.39 is 12.1 Å². The second-order valence-electron chi connectivity index (χ2n) is 13.5. The topological polar surface area (TPSA) is 85.3 Å². The van der Waals surface area contributed by atoms with Crippen LogP contribution in [0.5, 0.6) is 5.75 Å². The highest BCUT2D eigenvalue weighted by Crippen LogP contribution is 2.31. The average Bonchev–Trinajstić information content (AvgIpc) is 3.28. The molecule has 0 spiro atoms. The highest BCUT2D eigenvalue weighted by molar-refractivity contribution is 5.89. The van der Waals surface area contributed by atoms with Gasteiger partial charge in [0, 0.05) is 57.1 Å². The smallest absolute Gasteiger partial charge is 0.243 e. The molecule has 6 rings (SSSR count). The van der Waals surface area contributed by atoms with E-state index in [1.54, 1.807) is 12.0 Å². The number of para-hydroxylation sites is 2. The standard InChI is InChI=1S/C38H50N4O4/c1-27(40-19-21-41(22-20-40)34-15-9-10-16-36(34)46-2)33(24-28-17-18-29-11-7-8-14-31(29)23-28)39-37(44)35-25-32(43)26-42(35)38(45)30-12-5-3-4-6-13-30/h7-11,14-18,23,27,30,32-33,35,43H,3-6,12-13,19-22,24-26H2,1-2H3,(H,39,44)/t27?,32-,33?,35?/m1/s1. The number of rotatable bonds is 9. The summed E-state index contributed by atoms with van der Waals surface area (Å²) in [5.41, 5.74) is 2.28. The molecule has 2 aliphatic heterocycles. The van der Waals surface area contributed by atoms with Crippen LogP contribution in [-0.2, 0) is 16.0 Å². The van der Waals surface area contributed by atoms with Gasteiger partial charge in [0.1, 0.15) is 11.8 Å². The summed E-state index contributed by atoms with van der Waals surface area (Å²) in [5.74, 6) is 0.733. The number of carbonyl (C=O) groups is 2. The van der Waals surface area contributed by atoms with Gasteiger partial charge >= 0.3 is 0 Å². The highest BCUT2D eigenvalue weighted by Gasteiger charge is 2.42. The van der Waals surface area contributed by atoms with Crippen LogP contribution in [0.2, 0.25) is 0 Å². The third-order valence-corrected chi connectivity index (χ3v) is 10.6. The summed E-state index contributed by atoms with van der Waals surface area (Å²) in [7, 11) is 1.71. The Kier molecular flexibility index (Phi) is 10.4. The molecule has 8 heteroatoms. The lowest BCUT2D eigenvalue weighted by Gasteiger charge is -2.42. The summed E-state index contributed by atoms with van der Waals surface area (Å²) in [6, 6.07) is 22.3. The van der Waals surface area contributed by atoms with Crippen molar-refractivity contribution in [3.8, 4) is 5.75 Å². The molecule has 46 heavy (non-hydrogen) atoms. The first-order valence-electron chi connectivity index (χ1n) is 17.3. The summed E-state index contributed by atoms with van der Waals surface area (Å²) < 4.78 is 5.63. The molecule has 2 amide bonds. The number of hydrogen-bond acceptors (Lipinski definition) is 6. The Hall–Kier alpha value is -3.62. The van der Waals surface area contributed by atoms with Gasteiger partial charge in [-0.3, -0.25) is 14.5 Å². The molecule has 2 saturated heterocycles. The molecular weight excluding hydrogens is 576 g/mol. The van der Waals surface area contributed by atoms with Gasteiger partial charge in [0.25, 0.3) is 0 Å². The van der Waals surface area contributed by atoms with Gasteiger partial charge < -0.3 is 25.0 Å². The van der Waals surface area contributed by atoms with E-state index in [9.17, 15) is 14.7 Å². The van der Waals surface area contributed by atoms with Gasteiger partial charge in [-0.05, 0) is 54.7 Å². The van der Waals surface area contributed by atoms with Crippen LogP contribution in [0.25, 0.3) is 10.8 Å². The lowest BCUT2D eigenvalue weighted by molar-refractivity contribution is -0.142. The molecule has 246 valence electrons. The van der Waals surface area contributed by atoms with E-state index in [-0.39, 0.29) is 36.4 Å². The van der Waals surface area contributed by atoms with Crippen LogP contribution in [0.3, 0.4) is 0 Å². The number of benzene rings is 3. The predicted molar refractivity (Wildman–Crippen MR) is 183 cm³/mol. The number of likely N-dealkylation sites (tertiary alicyclic amines) is 1. The minimum atomic E-state index is -0.676. The molecule has 1 aliphatic carbocycles. The van der Waals surface area contributed by atoms with E-state index in [1.807, 2.05) is 18.2 Å². The number of anilines is 1. The number of ether oxygens (including phenoxy) is 1. The Morgan fingerprint density at radius 1 is 0.913 bits per heavy atom. The van der Waals surface area contributed by atoms with Crippen LogP contribution in [0.4, 0.5) is 5.69 Å². The van der Waals surface area contributed by atoms with Gasteiger partial charge in [0.2, 0.25) is 11.8 Å². The Balaban J connectivity index is 1.19. The van der Waals surface area contributed by atoms with Crippen molar-refractivity contribution in [3.63, 3.8) is 0 Å². The molecule has 3 aromatic rings. The van der Waals surface area contributed by atoms with Gasteiger partial charge in [0.15, 0.2) is 0 Å². The summed E-state index contributed by atoms with van der Waals surface area (Å²) in [5, 5.41) is 16.5. The van der Waals surface area contributed by atoms with E-state index in [2.05, 4.69) is 70.6 Å². The number of nitrogens with one attached hydrogen (secondary N) is 1. The summed E-state index contributed by atoms with van der Waals surface area (Å²) in [4.78, 5) is 34.3. The Morgan fingerprint density at radius 3 is 2.35 bits per heavy atom. The quantitative estimate of drug-likeness (QED) is 0.325. The molecule has 3 aromatic carbocycles. The summed E-state index contributed by atoms with van der Waals surface area (Å²) >= 11 is 0.